The number of hydrogen-bond acceptors (Lipinski definition) is 3. The van der Waals surface area contributed by atoms with Crippen LogP contribution in [0.4, 0.5) is 0 Å². The van der Waals surface area contributed by atoms with Crippen LogP contribution in [0.2, 0.25) is 0 Å². The first kappa shape index (κ1) is 10.0. The molecule has 0 bridgehead atoms. The summed E-state index contributed by atoms with van der Waals surface area (Å²) in [7, 11) is 0. The van der Waals surface area contributed by atoms with Crippen molar-refractivity contribution >= 4 is 0 Å². The first-order valence-corrected chi connectivity index (χ1v) is 5.33. The Kier molecular flexibility index (Phi) is 2.90. The predicted molar refractivity (Wildman–Crippen MR) is 57.5 cm³/mol. The van der Waals surface area contributed by atoms with Crippen molar-refractivity contribution in [1.29, 1.82) is 0 Å². The monoisotopic (exact) mass is 205 g/mol. The highest BCUT2D eigenvalue weighted by Gasteiger charge is 2.14. The van der Waals surface area contributed by atoms with Crippen molar-refractivity contribution in [3.8, 4) is 11.3 Å². The second kappa shape index (κ2) is 4.34. The van der Waals surface area contributed by atoms with Gasteiger partial charge in [-0.2, -0.15) is 0 Å². The topological polar surface area (TPSA) is 39.2 Å². The Morgan fingerprint density at radius 1 is 1.33 bits per heavy atom. The van der Waals surface area contributed by atoms with Crippen LogP contribution in [0.1, 0.15) is 38.5 Å². The van der Waals surface area contributed by atoms with Crippen LogP contribution in [0.5, 0.6) is 0 Å². The molecule has 0 unspecified atom stereocenters. The fourth-order valence-corrected chi connectivity index (χ4v) is 1.65. The van der Waals surface area contributed by atoms with E-state index in [0.29, 0.717) is 5.92 Å². The van der Waals surface area contributed by atoms with E-state index in [1.165, 1.54) is 0 Å². The zero-order chi connectivity index (χ0) is 10.7. The Labute approximate surface area is 89.1 Å². The molecule has 0 aliphatic rings. The minimum Gasteiger partial charge on any atom is -0.472 e. The third-order valence-corrected chi connectivity index (χ3v) is 2.66. The summed E-state index contributed by atoms with van der Waals surface area (Å²) in [5.41, 5.74) is 0.944. The summed E-state index contributed by atoms with van der Waals surface area (Å²) in [5.74, 6) is 2.03. The smallest absolute Gasteiger partial charge is 0.197 e. The van der Waals surface area contributed by atoms with E-state index in [0.717, 1.165) is 30.1 Å². The van der Waals surface area contributed by atoms with Gasteiger partial charge in [0.1, 0.15) is 6.26 Å². The molecule has 15 heavy (non-hydrogen) atoms. The summed E-state index contributed by atoms with van der Waals surface area (Å²) in [6, 6.07) is 1.87. The summed E-state index contributed by atoms with van der Waals surface area (Å²) in [4.78, 5) is 4.31. The molecule has 0 N–H and O–H groups in total. The zero-order valence-corrected chi connectivity index (χ0v) is 9.06. The molecule has 2 aromatic heterocycles. The van der Waals surface area contributed by atoms with Gasteiger partial charge in [-0.15, -0.1) is 0 Å². The van der Waals surface area contributed by atoms with Gasteiger partial charge in [0.2, 0.25) is 0 Å². The molecule has 0 radical (unpaired) electrons. The van der Waals surface area contributed by atoms with Crippen LogP contribution in [-0.4, -0.2) is 4.98 Å². The lowest BCUT2D eigenvalue weighted by Gasteiger charge is -2.05. The zero-order valence-electron chi connectivity index (χ0n) is 9.06. The van der Waals surface area contributed by atoms with Crippen molar-refractivity contribution in [2.24, 2.45) is 0 Å². The summed E-state index contributed by atoms with van der Waals surface area (Å²) in [6.07, 6.45) is 7.17. The molecule has 0 saturated carbocycles. The third-order valence-electron chi connectivity index (χ3n) is 2.66. The van der Waals surface area contributed by atoms with E-state index < -0.39 is 0 Å². The van der Waals surface area contributed by atoms with Crippen LogP contribution in [0.3, 0.4) is 0 Å². The number of furan rings is 1. The van der Waals surface area contributed by atoms with Gasteiger partial charge in [-0.1, -0.05) is 13.8 Å². The highest BCUT2D eigenvalue weighted by Crippen LogP contribution is 2.27. The number of oxazole rings is 1. The van der Waals surface area contributed by atoms with Gasteiger partial charge < -0.3 is 8.83 Å². The predicted octanol–water partition coefficient (Wildman–Crippen LogP) is 3.84. The van der Waals surface area contributed by atoms with E-state index in [9.17, 15) is 0 Å². The van der Waals surface area contributed by atoms with E-state index in [4.69, 9.17) is 8.83 Å². The van der Waals surface area contributed by atoms with Gasteiger partial charge in [-0.05, 0) is 18.9 Å². The third kappa shape index (κ3) is 1.96. The van der Waals surface area contributed by atoms with Crippen molar-refractivity contribution in [2.75, 3.05) is 0 Å². The van der Waals surface area contributed by atoms with Gasteiger partial charge in [0.25, 0.3) is 0 Å². The summed E-state index contributed by atoms with van der Waals surface area (Å²) in [5, 5.41) is 0. The van der Waals surface area contributed by atoms with Crippen molar-refractivity contribution in [1.82, 2.24) is 4.98 Å². The molecule has 0 aliphatic carbocycles. The lowest BCUT2D eigenvalue weighted by atomic mass is 10.0. The van der Waals surface area contributed by atoms with Gasteiger partial charge in [0.15, 0.2) is 11.7 Å². The van der Waals surface area contributed by atoms with Gasteiger partial charge in [0, 0.05) is 5.92 Å². The highest BCUT2D eigenvalue weighted by molar-refractivity contribution is 5.53. The second-order valence-corrected chi connectivity index (χ2v) is 3.59. The molecular weight excluding hydrogens is 190 g/mol. The van der Waals surface area contributed by atoms with Crippen molar-refractivity contribution < 1.29 is 8.83 Å². The SMILES string of the molecule is CCC(CC)c1ncc(-c2ccoc2)o1. The largest absolute Gasteiger partial charge is 0.472 e. The number of rotatable bonds is 4. The maximum Gasteiger partial charge on any atom is 0.197 e. The molecule has 3 heteroatoms. The lowest BCUT2D eigenvalue weighted by molar-refractivity contribution is 0.439. The molecular formula is C12H15NO2. The minimum atomic E-state index is 0.422. The van der Waals surface area contributed by atoms with E-state index in [1.807, 2.05) is 6.07 Å². The van der Waals surface area contributed by atoms with Gasteiger partial charge in [-0.3, -0.25) is 0 Å². The molecule has 3 nitrogen and oxygen atoms in total. The van der Waals surface area contributed by atoms with E-state index in [-0.39, 0.29) is 0 Å². The average molecular weight is 205 g/mol. The summed E-state index contributed by atoms with van der Waals surface area (Å²) in [6.45, 7) is 4.30. The Hall–Kier alpha value is -1.51. The molecule has 2 aromatic rings. The second-order valence-electron chi connectivity index (χ2n) is 3.59. The van der Waals surface area contributed by atoms with Crippen LogP contribution in [0.15, 0.2) is 33.6 Å². The van der Waals surface area contributed by atoms with Gasteiger partial charge in [0.05, 0.1) is 18.0 Å². The van der Waals surface area contributed by atoms with Crippen LogP contribution in [-0.2, 0) is 0 Å². The van der Waals surface area contributed by atoms with Crippen molar-refractivity contribution in [2.45, 2.75) is 32.6 Å². The first-order chi connectivity index (χ1) is 7.35. The Bertz CT molecular complexity index is 399. The molecule has 0 saturated heterocycles. The highest BCUT2D eigenvalue weighted by atomic mass is 16.4. The fourth-order valence-electron chi connectivity index (χ4n) is 1.65. The molecule has 0 fully saturated rings. The first-order valence-electron chi connectivity index (χ1n) is 5.33. The van der Waals surface area contributed by atoms with Gasteiger partial charge >= 0.3 is 0 Å². The molecule has 2 rings (SSSR count). The van der Waals surface area contributed by atoms with E-state index >= 15 is 0 Å². The summed E-state index contributed by atoms with van der Waals surface area (Å²) < 4.78 is 10.7. The molecule has 0 aromatic carbocycles. The van der Waals surface area contributed by atoms with Crippen LogP contribution in [0.25, 0.3) is 11.3 Å². The maximum atomic E-state index is 5.70. The molecule has 2 heterocycles. The molecule has 0 atom stereocenters. The molecule has 0 aliphatic heterocycles. The quantitative estimate of drug-likeness (QED) is 0.761. The van der Waals surface area contributed by atoms with Crippen LogP contribution < -0.4 is 0 Å². The summed E-state index contributed by atoms with van der Waals surface area (Å²) >= 11 is 0. The average Bonchev–Trinajstić information content (AvgIpc) is 2.89. The number of aromatic nitrogens is 1. The van der Waals surface area contributed by atoms with Crippen molar-refractivity contribution in [3.05, 3.63) is 30.7 Å². The van der Waals surface area contributed by atoms with Crippen molar-refractivity contribution in [3.63, 3.8) is 0 Å². The number of nitrogens with zero attached hydrogens (tertiary/aromatic N) is 1. The van der Waals surface area contributed by atoms with Gasteiger partial charge in [-0.25, -0.2) is 4.98 Å². The van der Waals surface area contributed by atoms with E-state index in [2.05, 4.69) is 18.8 Å². The maximum absolute atomic E-state index is 5.70. The molecule has 0 spiro atoms. The van der Waals surface area contributed by atoms with E-state index in [1.54, 1.807) is 18.7 Å². The van der Waals surface area contributed by atoms with Crippen LogP contribution in [0, 0.1) is 0 Å². The Morgan fingerprint density at radius 3 is 2.73 bits per heavy atom. The van der Waals surface area contributed by atoms with Crippen LogP contribution >= 0.6 is 0 Å². The standard InChI is InChI=1S/C12H15NO2/c1-3-9(4-2)12-13-7-11(15-12)10-5-6-14-8-10/h5-9H,3-4H2,1-2H3. The molecule has 80 valence electrons. The lowest BCUT2D eigenvalue weighted by Crippen LogP contribution is -1.94. The number of hydrogen-bond donors (Lipinski definition) is 0. The Balaban J connectivity index is 2.24. The Morgan fingerprint density at radius 2 is 2.13 bits per heavy atom. The molecule has 0 amide bonds. The fraction of sp³-hybridized carbons (Fsp3) is 0.417. The normalized spacial score (nSPS) is 11.1. The minimum absolute atomic E-state index is 0.422.